The Labute approximate surface area is 151 Å². The zero-order chi connectivity index (χ0) is 17.4. The summed E-state index contributed by atoms with van der Waals surface area (Å²) in [6, 6.07) is 10.4. The van der Waals surface area contributed by atoms with E-state index in [1.54, 1.807) is 6.20 Å². The summed E-state index contributed by atoms with van der Waals surface area (Å²) in [6.07, 6.45) is 6.32. The lowest BCUT2D eigenvalue weighted by molar-refractivity contribution is 0.0523. The van der Waals surface area contributed by atoms with E-state index in [9.17, 15) is 0 Å². The molecule has 3 aromatic rings. The van der Waals surface area contributed by atoms with E-state index in [0.717, 1.165) is 24.5 Å². The van der Waals surface area contributed by atoms with E-state index in [1.165, 1.54) is 18.4 Å². The molecule has 134 valence electrons. The largest absolute Gasteiger partial charge is 0.445 e. The minimum Gasteiger partial charge on any atom is -0.445 e. The summed E-state index contributed by atoms with van der Waals surface area (Å²) in [5.74, 6) is 3.45. The van der Waals surface area contributed by atoms with Crippen molar-refractivity contribution >= 4 is 0 Å². The van der Waals surface area contributed by atoms with Crippen LogP contribution in [0.1, 0.15) is 60.5 Å². The fraction of sp³-hybridized carbons (Fsp3) is 0.450. The van der Waals surface area contributed by atoms with Gasteiger partial charge in [0.15, 0.2) is 11.7 Å². The molecule has 1 aliphatic carbocycles. The molecule has 5 rings (SSSR count). The van der Waals surface area contributed by atoms with Gasteiger partial charge in [0.1, 0.15) is 5.76 Å². The highest BCUT2D eigenvalue weighted by molar-refractivity contribution is 5.32. The van der Waals surface area contributed by atoms with Crippen LogP contribution in [0.2, 0.25) is 0 Å². The van der Waals surface area contributed by atoms with E-state index >= 15 is 0 Å². The first-order valence-corrected chi connectivity index (χ1v) is 9.24. The van der Waals surface area contributed by atoms with E-state index in [4.69, 9.17) is 18.7 Å². The lowest BCUT2D eigenvalue weighted by Crippen LogP contribution is -2.35. The topological polar surface area (TPSA) is 74.2 Å². The van der Waals surface area contributed by atoms with Gasteiger partial charge in [-0.1, -0.05) is 35.5 Å². The summed E-state index contributed by atoms with van der Waals surface area (Å²) < 4.78 is 17.1. The predicted octanol–water partition coefficient (Wildman–Crippen LogP) is 3.62. The van der Waals surface area contributed by atoms with Crippen molar-refractivity contribution in [2.24, 2.45) is 0 Å². The number of oxazole rings is 1. The smallest absolute Gasteiger partial charge is 0.237 e. The first kappa shape index (κ1) is 15.8. The zero-order valence-electron chi connectivity index (χ0n) is 14.6. The standard InChI is InChI=1S/C20H21N3O3/c1-2-4-15(5-3-1)20(8-10-24-11-9-20)19-22-17(23-26-19)12-16-13-21-18(25-16)14-6-7-14/h1-5,13-14H,6-12H2. The van der Waals surface area contributed by atoms with E-state index in [0.29, 0.717) is 37.3 Å². The third-order valence-corrected chi connectivity index (χ3v) is 5.38. The van der Waals surface area contributed by atoms with Gasteiger partial charge in [-0.2, -0.15) is 4.98 Å². The summed E-state index contributed by atoms with van der Waals surface area (Å²) in [5.41, 5.74) is 0.930. The number of nitrogens with zero attached hydrogens (tertiary/aromatic N) is 3. The molecule has 0 amide bonds. The Bertz CT molecular complexity index is 877. The maximum absolute atomic E-state index is 5.82. The maximum atomic E-state index is 5.82. The SMILES string of the molecule is c1ccc(C2(c3nc(Cc4cnc(C5CC5)o4)no3)CCOCC2)cc1. The zero-order valence-corrected chi connectivity index (χ0v) is 14.6. The number of hydrogen-bond donors (Lipinski definition) is 0. The molecule has 0 spiro atoms. The Morgan fingerprint density at radius 3 is 2.65 bits per heavy atom. The van der Waals surface area contributed by atoms with E-state index < -0.39 is 0 Å². The van der Waals surface area contributed by atoms with Gasteiger partial charge < -0.3 is 13.7 Å². The minimum atomic E-state index is -0.272. The van der Waals surface area contributed by atoms with Crippen LogP contribution in [0.5, 0.6) is 0 Å². The lowest BCUT2D eigenvalue weighted by atomic mass is 9.74. The number of aromatic nitrogens is 3. The van der Waals surface area contributed by atoms with Gasteiger partial charge in [0.25, 0.3) is 0 Å². The Morgan fingerprint density at radius 2 is 1.88 bits per heavy atom. The van der Waals surface area contributed by atoms with E-state index in [1.807, 2.05) is 6.07 Å². The maximum Gasteiger partial charge on any atom is 0.237 e. The molecule has 0 atom stereocenters. The quantitative estimate of drug-likeness (QED) is 0.699. The summed E-state index contributed by atoms with van der Waals surface area (Å²) in [6.45, 7) is 1.39. The Morgan fingerprint density at radius 1 is 1.08 bits per heavy atom. The molecule has 2 aromatic heterocycles. The molecule has 2 aliphatic rings. The van der Waals surface area contributed by atoms with Crippen LogP contribution in [-0.2, 0) is 16.6 Å². The highest BCUT2D eigenvalue weighted by atomic mass is 16.5. The van der Waals surface area contributed by atoms with Gasteiger partial charge in [-0.15, -0.1) is 0 Å². The second-order valence-electron chi connectivity index (χ2n) is 7.19. The van der Waals surface area contributed by atoms with Gasteiger partial charge in [-0.25, -0.2) is 4.98 Å². The number of hydrogen-bond acceptors (Lipinski definition) is 6. The average Bonchev–Trinajstić information content (AvgIpc) is 3.26. The average molecular weight is 351 g/mol. The third-order valence-electron chi connectivity index (χ3n) is 5.38. The normalized spacial score (nSPS) is 19.5. The van der Waals surface area contributed by atoms with Crippen LogP contribution in [0.25, 0.3) is 0 Å². The fourth-order valence-electron chi connectivity index (χ4n) is 3.70. The number of benzene rings is 1. The van der Waals surface area contributed by atoms with Gasteiger partial charge in [0.2, 0.25) is 5.89 Å². The van der Waals surface area contributed by atoms with Crippen LogP contribution in [-0.4, -0.2) is 28.3 Å². The molecule has 2 fully saturated rings. The Balaban J connectivity index is 1.42. The van der Waals surface area contributed by atoms with Crippen molar-refractivity contribution in [3.05, 3.63) is 65.5 Å². The van der Waals surface area contributed by atoms with Crippen molar-refractivity contribution in [1.82, 2.24) is 15.1 Å². The van der Waals surface area contributed by atoms with Crippen molar-refractivity contribution in [2.75, 3.05) is 13.2 Å². The third kappa shape index (κ3) is 2.84. The van der Waals surface area contributed by atoms with Crippen molar-refractivity contribution in [2.45, 2.75) is 43.4 Å². The molecule has 0 radical (unpaired) electrons. The monoisotopic (exact) mass is 351 g/mol. The van der Waals surface area contributed by atoms with Gasteiger partial charge >= 0.3 is 0 Å². The molecular formula is C20H21N3O3. The Hall–Kier alpha value is -2.47. The van der Waals surface area contributed by atoms with Crippen molar-refractivity contribution in [3.8, 4) is 0 Å². The molecule has 0 bridgehead atoms. The van der Waals surface area contributed by atoms with Gasteiger partial charge in [0, 0.05) is 19.1 Å². The summed E-state index contributed by atoms with van der Waals surface area (Å²) in [4.78, 5) is 9.09. The molecule has 1 aromatic carbocycles. The van der Waals surface area contributed by atoms with Crippen LogP contribution in [0.15, 0.2) is 45.5 Å². The molecule has 0 N–H and O–H groups in total. The molecule has 1 saturated heterocycles. The van der Waals surface area contributed by atoms with Crippen LogP contribution in [0.3, 0.4) is 0 Å². The minimum absolute atomic E-state index is 0.272. The predicted molar refractivity (Wildman–Crippen MR) is 92.9 cm³/mol. The molecule has 1 aliphatic heterocycles. The van der Waals surface area contributed by atoms with Crippen molar-refractivity contribution < 1.29 is 13.7 Å². The molecular weight excluding hydrogens is 330 g/mol. The highest BCUT2D eigenvalue weighted by Gasteiger charge is 2.41. The van der Waals surface area contributed by atoms with Crippen LogP contribution >= 0.6 is 0 Å². The summed E-state index contributed by atoms with van der Waals surface area (Å²) in [5, 5.41) is 4.21. The van der Waals surface area contributed by atoms with E-state index in [-0.39, 0.29) is 5.41 Å². The second kappa shape index (κ2) is 6.36. The van der Waals surface area contributed by atoms with Gasteiger partial charge in [-0.05, 0) is 31.2 Å². The van der Waals surface area contributed by atoms with Gasteiger partial charge in [0.05, 0.1) is 18.0 Å². The second-order valence-corrected chi connectivity index (χ2v) is 7.19. The van der Waals surface area contributed by atoms with Crippen LogP contribution in [0.4, 0.5) is 0 Å². The molecule has 0 unspecified atom stereocenters. The van der Waals surface area contributed by atoms with Crippen LogP contribution < -0.4 is 0 Å². The molecule has 6 nitrogen and oxygen atoms in total. The van der Waals surface area contributed by atoms with Crippen molar-refractivity contribution in [3.63, 3.8) is 0 Å². The first-order chi connectivity index (χ1) is 12.8. The molecule has 26 heavy (non-hydrogen) atoms. The number of rotatable bonds is 5. The first-order valence-electron chi connectivity index (χ1n) is 9.24. The lowest BCUT2D eigenvalue weighted by Gasteiger charge is -2.34. The fourth-order valence-corrected chi connectivity index (χ4v) is 3.70. The molecule has 3 heterocycles. The number of ether oxygens (including phenoxy) is 1. The van der Waals surface area contributed by atoms with E-state index in [2.05, 4.69) is 34.4 Å². The highest BCUT2D eigenvalue weighted by Crippen LogP contribution is 2.41. The van der Waals surface area contributed by atoms with Gasteiger partial charge in [-0.3, -0.25) is 0 Å². The summed E-state index contributed by atoms with van der Waals surface area (Å²) in [7, 11) is 0. The van der Waals surface area contributed by atoms with Crippen molar-refractivity contribution in [1.29, 1.82) is 0 Å². The van der Waals surface area contributed by atoms with Crippen LogP contribution in [0, 0.1) is 0 Å². The Kier molecular flexibility index (Phi) is 3.85. The summed E-state index contributed by atoms with van der Waals surface area (Å²) >= 11 is 0. The molecule has 1 saturated carbocycles. The molecule has 6 heteroatoms.